The lowest BCUT2D eigenvalue weighted by Gasteiger charge is -2.19. The minimum absolute atomic E-state index is 0.259. The number of amides is 1. The van der Waals surface area contributed by atoms with Gasteiger partial charge in [-0.05, 0) is 29.3 Å². The van der Waals surface area contributed by atoms with Crippen LogP contribution in [0.3, 0.4) is 0 Å². The molecule has 0 aliphatic rings. The highest BCUT2D eigenvalue weighted by atomic mass is 16.5. The second kappa shape index (κ2) is 8.84. The second-order valence-corrected chi connectivity index (χ2v) is 5.25. The average Bonchev–Trinajstić information content (AvgIpc) is 2.67. The highest BCUT2D eigenvalue weighted by Gasteiger charge is 2.23. The number of carbonyl (C=O) groups excluding carboxylic acids is 1. The molecule has 0 N–H and O–H groups in total. The van der Waals surface area contributed by atoms with Crippen molar-refractivity contribution < 1.29 is 19.0 Å². The molecule has 0 radical (unpaired) electrons. The Morgan fingerprint density at radius 3 is 2.32 bits per heavy atom. The number of likely N-dealkylation sites (N-methyl/N-ethyl adjacent to an activating group) is 1. The molecule has 0 heterocycles. The zero-order chi connectivity index (χ0) is 18.2. The number of ether oxygens (including phenoxy) is 3. The number of benzene rings is 2. The van der Waals surface area contributed by atoms with Gasteiger partial charge in [-0.2, -0.15) is 5.10 Å². The van der Waals surface area contributed by atoms with Crippen LogP contribution < -0.4 is 9.47 Å². The standard InChI is InChI=1S/C19H22N2O4/c1-21(19(22)18(25-4)15-8-6-5-7-9-15)20-13-14-10-11-16(23-2)17(12-14)24-3/h5-13,18H,1-4H3/b20-13+. The molecule has 2 aromatic rings. The molecule has 1 amide bonds. The largest absolute Gasteiger partial charge is 0.493 e. The molecule has 25 heavy (non-hydrogen) atoms. The number of hydrogen-bond donors (Lipinski definition) is 0. The fraction of sp³-hybridized carbons (Fsp3) is 0.263. The second-order valence-electron chi connectivity index (χ2n) is 5.25. The topological polar surface area (TPSA) is 60.4 Å². The Morgan fingerprint density at radius 1 is 1.04 bits per heavy atom. The molecule has 0 saturated heterocycles. The predicted octanol–water partition coefficient (Wildman–Crippen LogP) is 2.88. The van der Waals surface area contributed by atoms with Crippen LogP contribution in [0.1, 0.15) is 17.2 Å². The molecule has 0 aliphatic heterocycles. The third-order valence-corrected chi connectivity index (χ3v) is 3.67. The van der Waals surface area contributed by atoms with Gasteiger partial charge in [0.15, 0.2) is 17.6 Å². The van der Waals surface area contributed by atoms with Crippen LogP contribution >= 0.6 is 0 Å². The molecule has 2 rings (SSSR count). The molecular formula is C19H22N2O4. The van der Waals surface area contributed by atoms with E-state index in [9.17, 15) is 4.79 Å². The van der Waals surface area contributed by atoms with E-state index in [1.807, 2.05) is 36.4 Å². The maximum absolute atomic E-state index is 12.6. The van der Waals surface area contributed by atoms with Crippen LogP contribution in [0.4, 0.5) is 0 Å². The summed E-state index contributed by atoms with van der Waals surface area (Å²) in [6.45, 7) is 0. The first kappa shape index (κ1) is 18.5. The number of hydrazone groups is 1. The van der Waals surface area contributed by atoms with Gasteiger partial charge in [-0.25, -0.2) is 5.01 Å². The molecule has 0 spiro atoms. The molecule has 0 saturated carbocycles. The summed E-state index contributed by atoms with van der Waals surface area (Å²) >= 11 is 0. The average molecular weight is 342 g/mol. The first-order valence-electron chi connectivity index (χ1n) is 7.72. The van der Waals surface area contributed by atoms with E-state index < -0.39 is 6.10 Å². The number of methoxy groups -OCH3 is 3. The van der Waals surface area contributed by atoms with Crippen LogP contribution in [0.2, 0.25) is 0 Å². The van der Waals surface area contributed by atoms with Crippen molar-refractivity contribution in [1.29, 1.82) is 0 Å². The van der Waals surface area contributed by atoms with Crippen molar-refractivity contribution in [3.05, 3.63) is 59.7 Å². The summed E-state index contributed by atoms with van der Waals surface area (Å²) in [7, 11) is 6.24. The molecule has 0 fully saturated rings. The summed E-state index contributed by atoms with van der Waals surface area (Å²) < 4.78 is 15.8. The van der Waals surface area contributed by atoms with E-state index in [0.717, 1.165) is 11.1 Å². The molecule has 1 unspecified atom stereocenters. The van der Waals surface area contributed by atoms with Crippen molar-refractivity contribution in [2.24, 2.45) is 5.10 Å². The van der Waals surface area contributed by atoms with Gasteiger partial charge in [0.05, 0.1) is 20.4 Å². The van der Waals surface area contributed by atoms with Crippen LogP contribution in [-0.2, 0) is 9.53 Å². The molecule has 132 valence electrons. The van der Waals surface area contributed by atoms with Gasteiger partial charge in [0.25, 0.3) is 5.91 Å². The van der Waals surface area contributed by atoms with E-state index in [1.54, 1.807) is 39.6 Å². The van der Waals surface area contributed by atoms with Crippen molar-refractivity contribution in [3.8, 4) is 11.5 Å². The van der Waals surface area contributed by atoms with Crippen molar-refractivity contribution in [3.63, 3.8) is 0 Å². The van der Waals surface area contributed by atoms with Crippen molar-refractivity contribution in [2.45, 2.75) is 6.10 Å². The summed E-state index contributed by atoms with van der Waals surface area (Å²) in [6, 6.07) is 14.7. The quantitative estimate of drug-likeness (QED) is 0.573. The number of hydrogen-bond acceptors (Lipinski definition) is 5. The Labute approximate surface area is 147 Å². The number of nitrogens with zero attached hydrogens (tertiary/aromatic N) is 2. The first-order chi connectivity index (χ1) is 12.1. The maximum atomic E-state index is 12.6. The van der Waals surface area contributed by atoms with E-state index in [2.05, 4.69) is 5.10 Å². The fourth-order valence-electron chi connectivity index (χ4n) is 2.32. The minimum Gasteiger partial charge on any atom is -0.493 e. The Hall–Kier alpha value is -2.86. The highest BCUT2D eigenvalue weighted by Crippen LogP contribution is 2.27. The zero-order valence-corrected chi connectivity index (χ0v) is 14.8. The lowest BCUT2D eigenvalue weighted by Crippen LogP contribution is -2.28. The Kier molecular flexibility index (Phi) is 6.54. The lowest BCUT2D eigenvalue weighted by molar-refractivity contribution is -0.141. The summed E-state index contributed by atoms with van der Waals surface area (Å²) in [4.78, 5) is 12.6. The van der Waals surface area contributed by atoms with Gasteiger partial charge in [0.1, 0.15) is 0 Å². The minimum atomic E-state index is -0.700. The molecule has 1 atom stereocenters. The molecular weight excluding hydrogens is 320 g/mol. The molecule has 0 aliphatic carbocycles. The summed E-state index contributed by atoms with van der Waals surface area (Å²) in [5.41, 5.74) is 1.56. The zero-order valence-electron chi connectivity index (χ0n) is 14.8. The fourth-order valence-corrected chi connectivity index (χ4v) is 2.32. The molecule has 6 heteroatoms. The van der Waals surface area contributed by atoms with E-state index in [1.165, 1.54) is 12.1 Å². The van der Waals surface area contributed by atoms with Gasteiger partial charge < -0.3 is 14.2 Å². The predicted molar refractivity (Wildman–Crippen MR) is 96.1 cm³/mol. The molecule has 2 aromatic carbocycles. The van der Waals surface area contributed by atoms with Crippen LogP contribution in [0.15, 0.2) is 53.6 Å². The smallest absolute Gasteiger partial charge is 0.276 e. The normalized spacial score (nSPS) is 12.0. The van der Waals surface area contributed by atoms with E-state index >= 15 is 0 Å². The lowest BCUT2D eigenvalue weighted by atomic mass is 10.1. The van der Waals surface area contributed by atoms with Gasteiger partial charge >= 0.3 is 0 Å². The van der Waals surface area contributed by atoms with Gasteiger partial charge in [-0.15, -0.1) is 0 Å². The van der Waals surface area contributed by atoms with Gasteiger partial charge in [0, 0.05) is 14.2 Å². The first-order valence-corrected chi connectivity index (χ1v) is 7.72. The Bertz CT molecular complexity index is 731. The van der Waals surface area contributed by atoms with Crippen molar-refractivity contribution >= 4 is 12.1 Å². The monoisotopic (exact) mass is 342 g/mol. The van der Waals surface area contributed by atoms with Crippen molar-refractivity contribution in [1.82, 2.24) is 5.01 Å². The number of carbonyl (C=O) groups is 1. The highest BCUT2D eigenvalue weighted by molar-refractivity contribution is 5.85. The molecule has 6 nitrogen and oxygen atoms in total. The third kappa shape index (κ3) is 4.58. The van der Waals surface area contributed by atoms with E-state index in [0.29, 0.717) is 11.5 Å². The van der Waals surface area contributed by atoms with Crippen LogP contribution in [0, 0.1) is 0 Å². The van der Waals surface area contributed by atoms with Crippen LogP contribution in [-0.4, -0.2) is 45.5 Å². The number of rotatable bonds is 7. The SMILES string of the molecule is COc1ccc(/C=N/N(C)C(=O)C(OC)c2ccccc2)cc1OC. The van der Waals surface area contributed by atoms with E-state index in [-0.39, 0.29) is 5.91 Å². The summed E-state index contributed by atoms with van der Waals surface area (Å²) in [6.07, 6.45) is 0.881. The summed E-state index contributed by atoms with van der Waals surface area (Å²) in [5.74, 6) is 0.970. The molecule has 0 aromatic heterocycles. The molecule has 0 bridgehead atoms. The van der Waals surface area contributed by atoms with Crippen molar-refractivity contribution in [2.75, 3.05) is 28.4 Å². The van der Waals surface area contributed by atoms with Gasteiger partial charge in [-0.3, -0.25) is 4.79 Å². The van der Waals surface area contributed by atoms with E-state index in [4.69, 9.17) is 14.2 Å². The third-order valence-electron chi connectivity index (χ3n) is 3.67. The van der Waals surface area contributed by atoms with Gasteiger partial charge in [-0.1, -0.05) is 30.3 Å². The summed E-state index contributed by atoms with van der Waals surface area (Å²) in [5, 5.41) is 5.46. The van der Waals surface area contributed by atoms with Crippen LogP contribution in [0.25, 0.3) is 0 Å². The van der Waals surface area contributed by atoms with Gasteiger partial charge in [0.2, 0.25) is 0 Å². The van der Waals surface area contributed by atoms with Crippen LogP contribution in [0.5, 0.6) is 11.5 Å². The Morgan fingerprint density at radius 2 is 1.72 bits per heavy atom. The maximum Gasteiger partial charge on any atom is 0.276 e. The Balaban J connectivity index is 2.13.